The SMILES string of the molecule is Cc1nc2ccccc2n1C1CCN(C(=O)c2cc(F)ccc2F)C1. The average molecular weight is 341 g/mol. The van der Waals surface area contributed by atoms with Crippen molar-refractivity contribution >= 4 is 16.9 Å². The van der Waals surface area contributed by atoms with Crippen molar-refractivity contribution < 1.29 is 13.6 Å². The Morgan fingerprint density at radius 2 is 2.00 bits per heavy atom. The molecule has 1 atom stereocenters. The summed E-state index contributed by atoms with van der Waals surface area (Å²) < 4.78 is 29.4. The molecular formula is C19H17F2N3O. The molecule has 4 nitrogen and oxygen atoms in total. The van der Waals surface area contributed by atoms with Crippen molar-refractivity contribution in [3.8, 4) is 0 Å². The summed E-state index contributed by atoms with van der Waals surface area (Å²) >= 11 is 0. The van der Waals surface area contributed by atoms with Gasteiger partial charge >= 0.3 is 0 Å². The van der Waals surface area contributed by atoms with Crippen molar-refractivity contribution in [3.63, 3.8) is 0 Å². The van der Waals surface area contributed by atoms with Crippen LogP contribution in [0.4, 0.5) is 8.78 Å². The van der Waals surface area contributed by atoms with Crippen LogP contribution in [0.5, 0.6) is 0 Å². The first-order valence-corrected chi connectivity index (χ1v) is 8.22. The second kappa shape index (κ2) is 5.95. The number of hydrogen-bond acceptors (Lipinski definition) is 2. The summed E-state index contributed by atoms with van der Waals surface area (Å²) in [4.78, 5) is 18.7. The summed E-state index contributed by atoms with van der Waals surface area (Å²) in [5.41, 5.74) is 1.73. The normalized spacial score (nSPS) is 17.4. The van der Waals surface area contributed by atoms with Crippen LogP contribution in [0.15, 0.2) is 42.5 Å². The molecule has 1 saturated heterocycles. The molecule has 0 N–H and O–H groups in total. The minimum atomic E-state index is -0.695. The van der Waals surface area contributed by atoms with Gasteiger partial charge in [0.1, 0.15) is 17.5 Å². The number of nitrogens with zero attached hydrogens (tertiary/aromatic N) is 3. The van der Waals surface area contributed by atoms with Crippen LogP contribution in [0.2, 0.25) is 0 Å². The predicted octanol–water partition coefficient (Wildman–Crippen LogP) is 3.71. The molecule has 1 aliphatic rings. The standard InChI is InChI=1S/C19H17F2N3O/c1-12-22-17-4-2-3-5-18(17)24(12)14-8-9-23(11-14)19(25)15-10-13(20)6-7-16(15)21/h2-7,10,14H,8-9,11H2,1H3. The molecule has 0 bridgehead atoms. The van der Waals surface area contributed by atoms with E-state index in [0.29, 0.717) is 13.1 Å². The van der Waals surface area contributed by atoms with Crippen molar-refractivity contribution in [3.05, 3.63) is 65.5 Å². The van der Waals surface area contributed by atoms with Gasteiger partial charge < -0.3 is 9.47 Å². The Morgan fingerprint density at radius 3 is 2.84 bits per heavy atom. The quantitative estimate of drug-likeness (QED) is 0.713. The monoisotopic (exact) mass is 341 g/mol. The zero-order valence-electron chi connectivity index (χ0n) is 13.7. The minimum Gasteiger partial charge on any atom is -0.336 e. The van der Waals surface area contributed by atoms with Crippen LogP contribution >= 0.6 is 0 Å². The topological polar surface area (TPSA) is 38.1 Å². The molecule has 1 unspecified atom stereocenters. The van der Waals surface area contributed by atoms with E-state index in [1.807, 2.05) is 31.2 Å². The first-order chi connectivity index (χ1) is 12.0. The summed E-state index contributed by atoms with van der Waals surface area (Å²) in [6.45, 7) is 2.90. The molecule has 0 saturated carbocycles. The van der Waals surface area contributed by atoms with Crippen LogP contribution in [0.3, 0.4) is 0 Å². The van der Waals surface area contributed by atoms with Gasteiger partial charge in [0.2, 0.25) is 0 Å². The van der Waals surface area contributed by atoms with Crippen molar-refractivity contribution in [2.75, 3.05) is 13.1 Å². The number of carbonyl (C=O) groups excluding carboxylic acids is 1. The third-order valence-electron chi connectivity index (χ3n) is 4.75. The maximum Gasteiger partial charge on any atom is 0.257 e. The van der Waals surface area contributed by atoms with Crippen LogP contribution in [-0.2, 0) is 0 Å². The number of para-hydroxylation sites is 2. The van der Waals surface area contributed by atoms with Gasteiger partial charge in [0.15, 0.2) is 0 Å². The number of imidazole rings is 1. The zero-order chi connectivity index (χ0) is 17.6. The maximum absolute atomic E-state index is 13.9. The molecule has 2 aromatic carbocycles. The van der Waals surface area contributed by atoms with E-state index in [9.17, 15) is 13.6 Å². The van der Waals surface area contributed by atoms with E-state index in [0.717, 1.165) is 41.5 Å². The molecule has 1 aliphatic heterocycles. The van der Waals surface area contributed by atoms with Crippen LogP contribution in [0.1, 0.15) is 28.6 Å². The second-order valence-corrected chi connectivity index (χ2v) is 6.34. The van der Waals surface area contributed by atoms with Crippen molar-refractivity contribution in [2.24, 2.45) is 0 Å². The molecule has 3 aromatic rings. The minimum absolute atomic E-state index is 0.0768. The molecule has 1 fully saturated rings. The fourth-order valence-electron chi connectivity index (χ4n) is 3.59. The summed E-state index contributed by atoms with van der Waals surface area (Å²) in [5.74, 6) is -0.893. The number of aryl methyl sites for hydroxylation is 1. The van der Waals surface area contributed by atoms with Gasteiger partial charge in [0, 0.05) is 13.1 Å². The Bertz CT molecular complexity index is 966. The largest absolute Gasteiger partial charge is 0.336 e. The molecule has 4 rings (SSSR count). The van der Waals surface area contributed by atoms with Gasteiger partial charge in [0.05, 0.1) is 22.6 Å². The number of halogens is 2. The molecular weight excluding hydrogens is 324 g/mol. The lowest BCUT2D eigenvalue weighted by Gasteiger charge is -2.19. The number of carbonyl (C=O) groups is 1. The molecule has 25 heavy (non-hydrogen) atoms. The van der Waals surface area contributed by atoms with Gasteiger partial charge in [-0.1, -0.05) is 12.1 Å². The summed E-state index contributed by atoms with van der Waals surface area (Å²) in [5, 5.41) is 0. The molecule has 0 aliphatic carbocycles. The van der Waals surface area contributed by atoms with Gasteiger partial charge in [0.25, 0.3) is 5.91 Å². The highest BCUT2D eigenvalue weighted by atomic mass is 19.1. The highest BCUT2D eigenvalue weighted by Gasteiger charge is 2.31. The van der Waals surface area contributed by atoms with Crippen molar-refractivity contribution in [1.29, 1.82) is 0 Å². The lowest BCUT2D eigenvalue weighted by Crippen LogP contribution is -2.30. The van der Waals surface area contributed by atoms with Crippen LogP contribution in [-0.4, -0.2) is 33.4 Å². The average Bonchev–Trinajstić information content (AvgIpc) is 3.19. The summed E-state index contributed by atoms with van der Waals surface area (Å²) in [6.07, 6.45) is 0.754. The van der Waals surface area contributed by atoms with Crippen molar-refractivity contribution in [2.45, 2.75) is 19.4 Å². The number of aromatic nitrogens is 2. The van der Waals surface area contributed by atoms with E-state index in [1.165, 1.54) is 0 Å². The smallest absolute Gasteiger partial charge is 0.257 e. The Labute approximate surface area is 143 Å². The Hall–Kier alpha value is -2.76. The molecule has 0 spiro atoms. The van der Waals surface area contributed by atoms with Gasteiger partial charge in [-0.15, -0.1) is 0 Å². The lowest BCUT2D eigenvalue weighted by atomic mass is 10.2. The van der Waals surface area contributed by atoms with Gasteiger partial charge in [-0.05, 0) is 43.7 Å². The first kappa shape index (κ1) is 15.7. The fraction of sp³-hybridized carbons (Fsp3) is 0.263. The van der Waals surface area contributed by atoms with E-state index < -0.39 is 17.5 Å². The number of amides is 1. The van der Waals surface area contributed by atoms with E-state index >= 15 is 0 Å². The number of likely N-dealkylation sites (tertiary alicyclic amines) is 1. The third-order valence-corrected chi connectivity index (χ3v) is 4.75. The van der Waals surface area contributed by atoms with E-state index in [1.54, 1.807) is 4.90 Å². The summed E-state index contributed by atoms with van der Waals surface area (Å²) in [6, 6.07) is 10.9. The molecule has 6 heteroatoms. The fourth-order valence-corrected chi connectivity index (χ4v) is 3.59. The van der Waals surface area contributed by atoms with Gasteiger partial charge in [-0.2, -0.15) is 0 Å². The Kier molecular flexibility index (Phi) is 3.75. The Morgan fingerprint density at radius 1 is 1.20 bits per heavy atom. The number of rotatable bonds is 2. The lowest BCUT2D eigenvalue weighted by molar-refractivity contribution is 0.0782. The number of hydrogen-bond donors (Lipinski definition) is 0. The Balaban J connectivity index is 1.62. The molecule has 0 radical (unpaired) electrons. The van der Waals surface area contributed by atoms with Crippen LogP contribution in [0, 0.1) is 18.6 Å². The van der Waals surface area contributed by atoms with Crippen LogP contribution < -0.4 is 0 Å². The first-order valence-electron chi connectivity index (χ1n) is 8.22. The molecule has 128 valence electrons. The number of fused-ring (bicyclic) bond motifs is 1. The van der Waals surface area contributed by atoms with E-state index in [-0.39, 0.29) is 11.6 Å². The summed E-state index contributed by atoms with van der Waals surface area (Å²) in [7, 11) is 0. The van der Waals surface area contributed by atoms with Gasteiger partial charge in [-0.25, -0.2) is 13.8 Å². The van der Waals surface area contributed by atoms with E-state index in [2.05, 4.69) is 9.55 Å². The van der Waals surface area contributed by atoms with Crippen LogP contribution in [0.25, 0.3) is 11.0 Å². The second-order valence-electron chi connectivity index (χ2n) is 6.34. The van der Waals surface area contributed by atoms with Crippen molar-refractivity contribution in [1.82, 2.24) is 14.5 Å². The maximum atomic E-state index is 13.9. The zero-order valence-corrected chi connectivity index (χ0v) is 13.7. The highest BCUT2D eigenvalue weighted by molar-refractivity contribution is 5.94. The third kappa shape index (κ3) is 2.67. The predicted molar refractivity (Wildman–Crippen MR) is 90.4 cm³/mol. The molecule has 1 amide bonds. The molecule has 2 heterocycles. The highest BCUT2D eigenvalue weighted by Crippen LogP contribution is 2.29. The number of benzene rings is 2. The van der Waals surface area contributed by atoms with Gasteiger partial charge in [-0.3, -0.25) is 4.79 Å². The van der Waals surface area contributed by atoms with E-state index in [4.69, 9.17) is 0 Å². The molecule has 1 aromatic heterocycles.